The number of oxime groups is 1. The quantitative estimate of drug-likeness (QED) is 0.386. The molecule has 1 amide bonds. The van der Waals surface area contributed by atoms with Gasteiger partial charge in [-0.05, 0) is 6.92 Å². The fraction of sp³-hybridized carbons (Fsp3) is 0.214. The van der Waals surface area contributed by atoms with Gasteiger partial charge in [-0.25, -0.2) is 4.79 Å². The molecule has 8 heteroatoms. The number of amides is 1. The number of esters is 1. The van der Waals surface area contributed by atoms with Crippen molar-refractivity contribution in [3.05, 3.63) is 28.3 Å². The van der Waals surface area contributed by atoms with Crippen LogP contribution in [0.1, 0.15) is 29.8 Å². The third-order valence-electron chi connectivity index (χ3n) is 2.79. The Morgan fingerprint density at radius 2 is 2.23 bits per heavy atom. The summed E-state index contributed by atoms with van der Waals surface area (Å²) in [4.78, 5) is 23.5. The van der Waals surface area contributed by atoms with Crippen LogP contribution in [-0.2, 0) is 9.53 Å². The number of nitrogens with one attached hydrogen (secondary N) is 1. The number of hydrogen-bond acceptors (Lipinski definition) is 6. The van der Waals surface area contributed by atoms with Gasteiger partial charge in [0, 0.05) is 17.9 Å². The van der Waals surface area contributed by atoms with Crippen molar-refractivity contribution < 1.29 is 19.5 Å². The van der Waals surface area contributed by atoms with Crippen LogP contribution >= 0.6 is 22.9 Å². The van der Waals surface area contributed by atoms with Crippen molar-refractivity contribution in [3.63, 3.8) is 0 Å². The fourth-order valence-corrected chi connectivity index (χ4v) is 3.47. The van der Waals surface area contributed by atoms with Crippen LogP contribution in [0, 0.1) is 0 Å². The molecule has 2 rings (SSSR count). The van der Waals surface area contributed by atoms with E-state index in [9.17, 15) is 9.59 Å². The Labute approximate surface area is 135 Å². The fourth-order valence-electron chi connectivity index (χ4n) is 1.96. The summed E-state index contributed by atoms with van der Waals surface area (Å²) in [5.74, 6) is -0.831. The molecule has 0 aliphatic rings. The van der Waals surface area contributed by atoms with Crippen molar-refractivity contribution in [2.45, 2.75) is 13.8 Å². The van der Waals surface area contributed by atoms with E-state index in [1.54, 1.807) is 19.1 Å². The minimum Gasteiger partial charge on any atom is -0.462 e. The van der Waals surface area contributed by atoms with Crippen LogP contribution in [0.4, 0.5) is 5.00 Å². The highest BCUT2D eigenvalue weighted by Crippen LogP contribution is 2.41. The molecule has 0 saturated carbocycles. The second-order valence-corrected chi connectivity index (χ2v) is 5.70. The number of benzene rings is 1. The highest BCUT2D eigenvalue weighted by molar-refractivity contribution is 7.24. The molecule has 2 N–H and O–H groups in total. The van der Waals surface area contributed by atoms with Crippen molar-refractivity contribution >= 4 is 56.1 Å². The van der Waals surface area contributed by atoms with E-state index in [2.05, 4.69) is 10.5 Å². The second-order valence-electron chi connectivity index (χ2n) is 4.30. The van der Waals surface area contributed by atoms with Gasteiger partial charge in [0.25, 0.3) is 0 Å². The number of halogens is 1. The highest BCUT2D eigenvalue weighted by Gasteiger charge is 2.23. The summed E-state index contributed by atoms with van der Waals surface area (Å²) in [5, 5.41) is 15.5. The van der Waals surface area contributed by atoms with Gasteiger partial charge in [-0.1, -0.05) is 28.9 Å². The Morgan fingerprint density at radius 3 is 2.82 bits per heavy atom. The molecule has 0 aliphatic carbocycles. The summed E-state index contributed by atoms with van der Waals surface area (Å²) in [6.07, 6.45) is 1.20. The zero-order chi connectivity index (χ0) is 16.3. The third-order valence-corrected chi connectivity index (χ3v) is 4.45. The molecule has 0 atom stereocenters. The molecule has 116 valence electrons. The predicted octanol–water partition coefficient (Wildman–Crippen LogP) is 3.50. The standard InChI is InChI=1S/C14H13ClN2O4S/c1-3-21-14(19)10-9-5-4-8(6-16-20)11(15)12(9)22-13(10)17-7(2)18/h4-6,20H,3H2,1-2H3,(H,17,18)/b16-6+. The molecule has 6 nitrogen and oxygen atoms in total. The van der Waals surface area contributed by atoms with E-state index in [-0.39, 0.29) is 18.1 Å². The number of carbonyl (C=O) groups is 2. The molecule has 0 fully saturated rings. The first-order chi connectivity index (χ1) is 10.5. The molecule has 22 heavy (non-hydrogen) atoms. The smallest absolute Gasteiger partial charge is 0.341 e. The molecule has 1 aromatic heterocycles. The number of rotatable bonds is 4. The Hall–Kier alpha value is -2.12. The van der Waals surface area contributed by atoms with Crippen molar-refractivity contribution in [2.75, 3.05) is 11.9 Å². The average Bonchev–Trinajstić information content (AvgIpc) is 2.80. The van der Waals surface area contributed by atoms with Crippen molar-refractivity contribution in [2.24, 2.45) is 5.16 Å². The lowest BCUT2D eigenvalue weighted by Crippen LogP contribution is -2.10. The van der Waals surface area contributed by atoms with Crippen LogP contribution < -0.4 is 5.32 Å². The van der Waals surface area contributed by atoms with Crippen LogP contribution in [0.3, 0.4) is 0 Å². The van der Waals surface area contributed by atoms with Gasteiger partial charge < -0.3 is 15.3 Å². The number of anilines is 1. The van der Waals surface area contributed by atoms with Gasteiger partial charge >= 0.3 is 5.97 Å². The lowest BCUT2D eigenvalue weighted by Gasteiger charge is -2.04. The van der Waals surface area contributed by atoms with Gasteiger partial charge in [-0.15, -0.1) is 11.3 Å². The normalized spacial score (nSPS) is 11.0. The maximum absolute atomic E-state index is 12.2. The molecule has 2 aromatic rings. The van der Waals surface area contributed by atoms with Gasteiger partial charge in [-0.3, -0.25) is 4.79 Å². The van der Waals surface area contributed by atoms with E-state index >= 15 is 0 Å². The highest BCUT2D eigenvalue weighted by atomic mass is 35.5. The largest absolute Gasteiger partial charge is 0.462 e. The lowest BCUT2D eigenvalue weighted by molar-refractivity contribution is -0.114. The lowest BCUT2D eigenvalue weighted by atomic mass is 10.1. The Bertz CT molecular complexity index is 770. The summed E-state index contributed by atoms with van der Waals surface area (Å²) in [6, 6.07) is 3.30. The maximum Gasteiger partial charge on any atom is 0.341 e. The molecular formula is C14H13ClN2O4S. The Balaban J connectivity index is 2.70. The SMILES string of the molecule is CCOC(=O)c1c(NC(C)=O)sc2c(Cl)c(/C=N/O)ccc12. The van der Waals surface area contributed by atoms with E-state index in [0.717, 1.165) is 0 Å². The van der Waals surface area contributed by atoms with Crippen molar-refractivity contribution in [3.8, 4) is 0 Å². The maximum atomic E-state index is 12.2. The first-order valence-corrected chi connectivity index (χ1v) is 7.56. The number of ether oxygens (including phenoxy) is 1. The molecule has 0 saturated heterocycles. The molecular weight excluding hydrogens is 328 g/mol. The number of hydrogen-bond donors (Lipinski definition) is 2. The summed E-state index contributed by atoms with van der Waals surface area (Å²) >= 11 is 7.43. The molecule has 0 radical (unpaired) electrons. The monoisotopic (exact) mass is 340 g/mol. The summed E-state index contributed by atoms with van der Waals surface area (Å²) in [6.45, 7) is 3.27. The van der Waals surface area contributed by atoms with Gasteiger partial charge in [0.1, 0.15) is 10.6 Å². The second kappa shape index (κ2) is 6.76. The first kappa shape index (κ1) is 16.3. The van der Waals surface area contributed by atoms with Crippen LogP contribution in [0.5, 0.6) is 0 Å². The first-order valence-electron chi connectivity index (χ1n) is 6.36. The number of carbonyl (C=O) groups excluding carboxylic acids is 2. The zero-order valence-electron chi connectivity index (χ0n) is 11.8. The van der Waals surface area contributed by atoms with E-state index in [1.165, 1.54) is 24.5 Å². The number of nitrogens with zero attached hydrogens (tertiary/aromatic N) is 1. The topological polar surface area (TPSA) is 88.0 Å². The predicted molar refractivity (Wildman–Crippen MR) is 86.5 cm³/mol. The van der Waals surface area contributed by atoms with E-state index in [0.29, 0.717) is 25.7 Å². The van der Waals surface area contributed by atoms with Crippen LogP contribution in [0.15, 0.2) is 17.3 Å². The van der Waals surface area contributed by atoms with Crippen LogP contribution in [0.25, 0.3) is 10.1 Å². The minimum absolute atomic E-state index is 0.221. The number of thiophene rings is 1. The van der Waals surface area contributed by atoms with Crippen LogP contribution in [0.2, 0.25) is 5.02 Å². The summed E-state index contributed by atoms with van der Waals surface area (Å²) < 4.78 is 5.64. The zero-order valence-corrected chi connectivity index (χ0v) is 13.4. The molecule has 0 bridgehead atoms. The molecule has 0 unspecified atom stereocenters. The van der Waals surface area contributed by atoms with Crippen LogP contribution in [-0.4, -0.2) is 29.9 Å². The van der Waals surface area contributed by atoms with E-state index in [4.69, 9.17) is 21.5 Å². The van der Waals surface area contributed by atoms with Crippen molar-refractivity contribution in [1.82, 2.24) is 0 Å². The molecule has 1 heterocycles. The minimum atomic E-state index is -0.530. The van der Waals surface area contributed by atoms with Crippen molar-refractivity contribution in [1.29, 1.82) is 0 Å². The Kier molecular flexibility index (Phi) is 4.99. The summed E-state index contributed by atoms with van der Waals surface area (Å²) in [5.41, 5.74) is 0.772. The van der Waals surface area contributed by atoms with Gasteiger partial charge in [0.15, 0.2) is 0 Å². The molecule has 0 spiro atoms. The molecule has 0 aliphatic heterocycles. The van der Waals surface area contributed by atoms with Gasteiger partial charge in [0.2, 0.25) is 5.91 Å². The third kappa shape index (κ3) is 3.05. The Morgan fingerprint density at radius 1 is 1.50 bits per heavy atom. The van der Waals surface area contributed by atoms with Gasteiger partial charge in [0.05, 0.1) is 22.5 Å². The van der Waals surface area contributed by atoms with E-state index < -0.39 is 5.97 Å². The van der Waals surface area contributed by atoms with Gasteiger partial charge in [-0.2, -0.15) is 0 Å². The van der Waals surface area contributed by atoms with E-state index in [1.807, 2.05) is 0 Å². The molecule has 1 aromatic carbocycles. The number of fused-ring (bicyclic) bond motifs is 1. The summed E-state index contributed by atoms with van der Waals surface area (Å²) in [7, 11) is 0. The average molecular weight is 341 g/mol.